The van der Waals surface area contributed by atoms with Gasteiger partial charge < -0.3 is 10.4 Å². The van der Waals surface area contributed by atoms with Gasteiger partial charge in [0.05, 0.1) is 6.10 Å². The van der Waals surface area contributed by atoms with E-state index in [1.165, 1.54) is 5.56 Å². The maximum absolute atomic E-state index is 9.73. The van der Waals surface area contributed by atoms with Crippen molar-refractivity contribution in [1.29, 1.82) is 0 Å². The molecule has 2 atom stereocenters. The summed E-state index contributed by atoms with van der Waals surface area (Å²) in [6.45, 7) is 0.830. The molecule has 0 saturated carbocycles. The van der Waals surface area contributed by atoms with Crippen molar-refractivity contribution < 1.29 is 5.11 Å². The Bertz CT molecular complexity index is 321. The predicted molar refractivity (Wildman–Crippen MR) is 61.5 cm³/mol. The zero-order valence-electron chi connectivity index (χ0n) is 8.76. The van der Waals surface area contributed by atoms with Crippen LogP contribution < -0.4 is 5.32 Å². The molecule has 0 unspecified atom stereocenters. The lowest BCUT2D eigenvalue weighted by atomic mass is 9.98. The third kappa shape index (κ3) is 2.91. The van der Waals surface area contributed by atoms with Crippen LogP contribution >= 0.6 is 0 Å². The summed E-state index contributed by atoms with van der Waals surface area (Å²) < 4.78 is 0. The van der Waals surface area contributed by atoms with Crippen LogP contribution in [0.1, 0.15) is 18.4 Å². The molecule has 0 aromatic heterocycles. The van der Waals surface area contributed by atoms with Crippen LogP contribution in [-0.2, 0) is 6.54 Å². The molecule has 1 aliphatic carbocycles. The van der Waals surface area contributed by atoms with E-state index in [1.54, 1.807) is 0 Å². The summed E-state index contributed by atoms with van der Waals surface area (Å²) >= 11 is 0. The largest absolute Gasteiger partial charge is 0.391 e. The second kappa shape index (κ2) is 5.10. The molecule has 15 heavy (non-hydrogen) atoms. The van der Waals surface area contributed by atoms with Crippen molar-refractivity contribution in [3.63, 3.8) is 0 Å². The van der Waals surface area contributed by atoms with Gasteiger partial charge in [-0.15, -0.1) is 0 Å². The van der Waals surface area contributed by atoms with E-state index in [9.17, 15) is 5.11 Å². The molecule has 0 amide bonds. The van der Waals surface area contributed by atoms with Gasteiger partial charge >= 0.3 is 0 Å². The molecule has 0 radical (unpaired) electrons. The average Bonchev–Trinajstić information content (AvgIpc) is 2.29. The molecule has 0 bridgehead atoms. The average molecular weight is 203 g/mol. The van der Waals surface area contributed by atoms with E-state index >= 15 is 0 Å². The summed E-state index contributed by atoms with van der Waals surface area (Å²) in [5.41, 5.74) is 1.26. The SMILES string of the molecule is O[C@H]1CC=CC[C@H]1NCc1ccccc1. The Hall–Kier alpha value is -1.12. The molecule has 0 spiro atoms. The number of aliphatic hydroxyl groups is 1. The number of benzene rings is 1. The van der Waals surface area contributed by atoms with Crippen molar-refractivity contribution >= 4 is 0 Å². The van der Waals surface area contributed by atoms with Gasteiger partial charge in [0, 0.05) is 12.6 Å². The highest BCUT2D eigenvalue weighted by atomic mass is 16.3. The third-order valence-corrected chi connectivity index (χ3v) is 2.81. The Morgan fingerprint density at radius 2 is 1.87 bits per heavy atom. The van der Waals surface area contributed by atoms with Crippen molar-refractivity contribution in [3.8, 4) is 0 Å². The lowest BCUT2D eigenvalue weighted by molar-refractivity contribution is 0.125. The Kier molecular flexibility index (Phi) is 3.54. The van der Waals surface area contributed by atoms with Crippen LogP contribution in [-0.4, -0.2) is 17.3 Å². The molecule has 2 heteroatoms. The molecule has 0 aliphatic heterocycles. The fraction of sp³-hybridized carbons (Fsp3) is 0.385. The van der Waals surface area contributed by atoms with E-state index in [0.717, 1.165) is 19.4 Å². The van der Waals surface area contributed by atoms with Gasteiger partial charge in [0.2, 0.25) is 0 Å². The maximum Gasteiger partial charge on any atom is 0.0730 e. The van der Waals surface area contributed by atoms with Crippen LogP contribution in [0.4, 0.5) is 0 Å². The van der Waals surface area contributed by atoms with Crippen LogP contribution in [0.3, 0.4) is 0 Å². The van der Waals surface area contributed by atoms with Crippen molar-refractivity contribution in [2.45, 2.75) is 31.5 Å². The first-order valence-corrected chi connectivity index (χ1v) is 5.46. The van der Waals surface area contributed by atoms with Crippen molar-refractivity contribution in [2.24, 2.45) is 0 Å². The number of aliphatic hydroxyl groups excluding tert-OH is 1. The van der Waals surface area contributed by atoms with Gasteiger partial charge in [-0.2, -0.15) is 0 Å². The highest BCUT2D eigenvalue weighted by Crippen LogP contribution is 2.12. The van der Waals surface area contributed by atoms with Crippen molar-refractivity contribution in [3.05, 3.63) is 48.0 Å². The normalized spacial score (nSPS) is 25.4. The molecule has 2 N–H and O–H groups in total. The first-order valence-electron chi connectivity index (χ1n) is 5.46. The predicted octanol–water partition coefficient (Wildman–Crippen LogP) is 1.86. The summed E-state index contributed by atoms with van der Waals surface area (Å²) in [5.74, 6) is 0. The van der Waals surface area contributed by atoms with Crippen LogP contribution in [0, 0.1) is 0 Å². The van der Waals surface area contributed by atoms with Crippen LogP contribution in [0.25, 0.3) is 0 Å². The summed E-state index contributed by atoms with van der Waals surface area (Å²) in [6, 6.07) is 10.5. The Morgan fingerprint density at radius 1 is 1.13 bits per heavy atom. The molecule has 80 valence electrons. The van der Waals surface area contributed by atoms with Gasteiger partial charge in [-0.3, -0.25) is 0 Å². The van der Waals surface area contributed by atoms with Gasteiger partial charge in [-0.1, -0.05) is 42.5 Å². The summed E-state index contributed by atoms with van der Waals surface area (Å²) in [4.78, 5) is 0. The van der Waals surface area contributed by atoms with Crippen molar-refractivity contribution in [2.75, 3.05) is 0 Å². The van der Waals surface area contributed by atoms with E-state index in [-0.39, 0.29) is 12.1 Å². The lowest BCUT2D eigenvalue weighted by Crippen LogP contribution is -2.40. The lowest BCUT2D eigenvalue weighted by Gasteiger charge is -2.25. The summed E-state index contributed by atoms with van der Waals surface area (Å²) in [6.07, 6.45) is 5.64. The van der Waals surface area contributed by atoms with Gasteiger partial charge in [0.25, 0.3) is 0 Å². The maximum atomic E-state index is 9.73. The fourth-order valence-electron chi connectivity index (χ4n) is 1.86. The molecule has 1 aromatic carbocycles. The molecule has 2 nitrogen and oxygen atoms in total. The number of rotatable bonds is 3. The molecule has 1 aromatic rings. The zero-order chi connectivity index (χ0) is 10.5. The second-order valence-corrected chi connectivity index (χ2v) is 3.98. The fourth-order valence-corrected chi connectivity index (χ4v) is 1.86. The molecule has 1 aliphatic rings. The zero-order valence-corrected chi connectivity index (χ0v) is 8.76. The van der Waals surface area contributed by atoms with Crippen LogP contribution in [0.15, 0.2) is 42.5 Å². The number of hydrogen-bond acceptors (Lipinski definition) is 2. The molecular weight excluding hydrogens is 186 g/mol. The Balaban J connectivity index is 1.85. The number of hydrogen-bond donors (Lipinski definition) is 2. The van der Waals surface area contributed by atoms with Gasteiger partial charge in [-0.25, -0.2) is 0 Å². The quantitative estimate of drug-likeness (QED) is 0.735. The smallest absolute Gasteiger partial charge is 0.0730 e. The van der Waals surface area contributed by atoms with E-state index in [0.29, 0.717) is 0 Å². The molecule has 2 rings (SSSR count). The molecule has 0 heterocycles. The standard InChI is InChI=1S/C13H17NO/c15-13-9-5-4-8-12(13)14-10-11-6-2-1-3-7-11/h1-7,12-15H,8-10H2/t12-,13+/m1/s1. The molecule has 0 fully saturated rings. The molecule has 0 saturated heterocycles. The first-order chi connectivity index (χ1) is 7.36. The van der Waals surface area contributed by atoms with E-state index < -0.39 is 0 Å². The minimum Gasteiger partial charge on any atom is -0.391 e. The minimum absolute atomic E-state index is 0.204. The van der Waals surface area contributed by atoms with Crippen molar-refractivity contribution in [1.82, 2.24) is 5.32 Å². The van der Waals surface area contributed by atoms with E-state index in [2.05, 4.69) is 23.5 Å². The Labute approximate surface area is 90.6 Å². The van der Waals surface area contributed by atoms with Gasteiger partial charge in [-0.05, 0) is 18.4 Å². The molecular formula is C13H17NO. The third-order valence-electron chi connectivity index (χ3n) is 2.81. The minimum atomic E-state index is -0.237. The van der Waals surface area contributed by atoms with Crippen LogP contribution in [0.5, 0.6) is 0 Å². The van der Waals surface area contributed by atoms with E-state index in [4.69, 9.17) is 0 Å². The Morgan fingerprint density at radius 3 is 2.60 bits per heavy atom. The highest BCUT2D eigenvalue weighted by Gasteiger charge is 2.18. The van der Waals surface area contributed by atoms with Gasteiger partial charge in [0.1, 0.15) is 0 Å². The highest BCUT2D eigenvalue weighted by molar-refractivity contribution is 5.14. The topological polar surface area (TPSA) is 32.3 Å². The van der Waals surface area contributed by atoms with Crippen LogP contribution in [0.2, 0.25) is 0 Å². The summed E-state index contributed by atoms with van der Waals surface area (Å²) in [7, 11) is 0. The second-order valence-electron chi connectivity index (χ2n) is 3.98. The van der Waals surface area contributed by atoms with E-state index in [1.807, 2.05) is 24.3 Å². The summed E-state index contributed by atoms with van der Waals surface area (Å²) in [5, 5.41) is 13.1. The monoisotopic (exact) mass is 203 g/mol. The van der Waals surface area contributed by atoms with Gasteiger partial charge in [0.15, 0.2) is 0 Å². The first kappa shape index (κ1) is 10.4. The number of nitrogens with one attached hydrogen (secondary N) is 1.